The quantitative estimate of drug-likeness (QED) is 0.683. The lowest BCUT2D eigenvalue weighted by Gasteiger charge is -2.19. The maximum atomic E-state index is 11.8. The van der Waals surface area contributed by atoms with Gasteiger partial charge in [0.25, 0.3) is 0 Å². The molecular formula is C12H25NO. The lowest BCUT2D eigenvalue weighted by Crippen LogP contribution is -2.39. The van der Waals surface area contributed by atoms with Crippen LogP contribution in [0.2, 0.25) is 0 Å². The largest absolute Gasteiger partial charge is 0.308 e. The summed E-state index contributed by atoms with van der Waals surface area (Å²) in [6.45, 7) is 11.3. The van der Waals surface area contributed by atoms with E-state index in [9.17, 15) is 4.79 Å². The summed E-state index contributed by atoms with van der Waals surface area (Å²) in [5, 5.41) is 3.27. The summed E-state index contributed by atoms with van der Waals surface area (Å²) in [6, 6.07) is 0.0717. The lowest BCUT2D eigenvalue weighted by molar-refractivity contribution is -0.124. The van der Waals surface area contributed by atoms with Gasteiger partial charge in [-0.25, -0.2) is 0 Å². The van der Waals surface area contributed by atoms with Crippen molar-refractivity contribution in [2.24, 2.45) is 11.8 Å². The van der Waals surface area contributed by atoms with Crippen molar-refractivity contribution in [2.45, 2.75) is 53.5 Å². The van der Waals surface area contributed by atoms with Gasteiger partial charge in [0.15, 0.2) is 5.78 Å². The summed E-state index contributed by atoms with van der Waals surface area (Å²) in [5.41, 5.74) is 0. The highest BCUT2D eigenvalue weighted by Gasteiger charge is 2.19. The number of carbonyl (C=O) groups is 1. The third-order valence-corrected chi connectivity index (χ3v) is 2.40. The van der Waals surface area contributed by atoms with E-state index in [-0.39, 0.29) is 12.0 Å². The van der Waals surface area contributed by atoms with Crippen LogP contribution in [0.25, 0.3) is 0 Å². The van der Waals surface area contributed by atoms with Crippen molar-refractivity contribution in [3.8, 4) is 0 Å². The number of hydrogen-bond acceptors (Lipinski definition) is 2. The van der Waals surface area contributed by atoms with Crippen LogP contribution in [-0.4, -0.2) is 18.4 Å². The first-order valence-corrected chi connectivity index (χ1v) is 5.76. The van der Waals surface area contributed by atoms with Crippen LogP contribution in [0.15, 0.2) is 0 Å². The predicted molar refractivity (Wildman–Crippen MR) is 61.4 cm³/mol. The summed E-state index contributed by atoms with van der Waals surface area (Å²) >= 11 is 0. The van der Waals surface area contributed by atoms with Gasteiger partial charge in [0.05, 0.1) is 6.04 Å². The van der Waals surface area contributed by atoms with Crippen LogP contribution in [0.5, 0.6) is 0 Å². The first kappa shape index (κ1) is 13.6. The summed E-state index contributed by atoms with van der Waals surface area (Å²) in [4.78, 5) is 11.8. The molecule has 0 unspecified atom stereocenters. The summed E-state index contributed by atoms with van der Waals surface area (Å²) in [6.07, 6.45) is 2.10. The van der Waals surface area contributed by atoms with Gasteiger partial charge in [-0.1, -0.05) is 34.6 Å². The van der Waals surface area contributed by atoms with Crippen LogP contribution >= 0.6 is 0 Å². The van der Waals surface area contributed by atoms with Crippen LogP contribution in [0, 0.1) is 11.8 Å². The molecule has 0 aliphatic rings. The van der Waals surface area contributed by atoms with Crippen LogP contribution in [0.3, 0.4) is 0 Å². The van der Waals surface area contributed by atoms with Crippen LogP contribution < -0.4 is 5.32 Å². The monoisotopic (exact) mass is 199 g/mol. The second kappa shape index (κ2) is 6.99. The van der Waals surface area contributed by atoms with E-state index in [1.54, 1.807) is 0 Å². The molecule has 1 N–H and O–H groups in total. The zero-order valence-electron chi connectivity index (χ0n) is 10.3. The fraction of sp³-hybridized carbons (Fsp3) is 0.917. The average molecular weight is 199 g/mol. The highest BCUT2D eigenvalue weighted by Crippen LogP contribution is 2.10. The van der Waals surface area contributed by atoms with Crippen molar-refractivity contribution in [1.29, 1.82) is 0 Å². The van der Waals surface area contributed by atoms with Gasteiger partial charge in [0, 0.05) is 5.92 Å². The number of rotatable bonds is 7. The van der Waals surface area contributed by atoms with Crippen molar-refractivity contribution in [1.82, 2.24) is 5.32 Å². The molecule has 0 bridgehead atoms. The van der Waals surface area contributed by atoms with E-state index in [0.717, 1.165) is 19.4 Å². The molecule has 0 spiro atoms. The molecule has 0 saturated heterocycles. The van der Waals surface area contributed by atoms with Gasteiger partial charge in [-0.15, -0.1) is 0 Å². The van der Waals surface area contributed by atoms with Crippen LogP contribution in [0.4, 0.5) is 0 Å². The van der Waals surface area contributed by atoms with Gasteiger partial charge in [-0.3, -0.25) is 4.79 Å². The number of carbonyl (C=O) groups excluding carboxylic acids is 1. The molecule has 0 fully saturated rings. The lowest BCUT2D eigenvalue weighted by atomic mass is 9.95. The molecule has 0 aromatic carbocycles. The number of nitrogens with one attached hydrogen (secondary N) is 1. The van der Waals surface area contributed by atoms with Gasteiger partial charge < -0.3 is 5.32 Å². The Morgan fingerprint density at radius 2 is 1.71 bits per heavy atom. The Kier molecular flexibility index (Phi) is 6.81. The Morgan fingerprint density at radius 1 is 1.14 bits per heavy atom. The maximum Gasteiger partial charge on any atom is 0.152 e. The first-order valence-electron chi connectivity index (χ1n) is 5.76. The Balaban J connectivity index is 4.07. The number of hydrogen-bond donors (Lipinski definition) is 1. The molecule has 0 aromatic heterocycles. The Hall–Kier alpha value is -0.370. The fourth-order valence-corrected chi connectivity index (χ4v) is 1.49. The third-order valence-electron chi connectivity index (χ3n) is 2.40. The van der Waals surface area contributed by atoms with Gasteiger partial charge in [0.2, 0.25) is 0 Å². The molecular weight excluding hydrogens is 174 g/mol. The first-order chi connectivity index (χ1) is 6.49. The highest BCUT2D eigenvalue weighted by molar-refractivity contribution is 5.85. The minimum atomic E-state index is 0.0717. The Morgan fingerprint density at radius 3 is 2.07 bits per heavy atom. The van der Waals surface area contributed by atoms with Crippen molar-refractivity contribution in [3.05, 3.63) is 0 Å². The highest BCUT2D eigenvalue weighted by atomic mass is 16.1. The van der Waals surface area contributed by atoms with Crippen LogP contribution in [0.1, 0.15) is 47.5 Å². The number of Topliss-reactive ketones (excluding diaryl/α,β-unsaturated/α-hetero) is 1. The summed E-state index contributed by atoms with van der Waals surface area (Å²) in [5.74, 6) is 1.18. The molecule has 0 saturated carbocycles. The summed E-state index contributed by atoms with van der Waals surface area (Å²) in [7, 11) is 0. The van der Waals surface area contributed by atoms with Crippen molar-refractivity contribution < 1.29 is 4.79 Å². The van der Waals surface area contributed by atoms with Gasteiger partial charge in [0.1, 0.15) is 0 Å². The van der Waals surface area contributed by atoms with E-state index < -0.39 is 0 Å². The summed E-state index contributed by atoms with van der Waals surface area (Å²) < 4.78 is 0. The molecule has 0 radical (unpaired) electrons. The molecule has 2 heteroatoms. The third kappa shape index (κ3) is 5.38. The average Bonchev–Trinajstić information content (AvgIpc) is 2.10. The van der Waals surface area contributed by atoms with Gasteiger partial charge >= 0.3 is 0 Å². The van der Waals surface area contributed by atoms with E-state index in [2.05, 4.69) is 26.1 Å². The van der Waals surface area contributed by atoms with Crippen molar-refractivity contribution in [3.63, 3.8) is 0 Å². The number of likely N-dealkylation sites (N-methyl/N-ethyl adjacent to an activating group) is 1. The molecule has 0 aliphatic carbocycles. The minimum absolute atomic E-state index is 0.0717. The Bertz CT molecular complexity index is 164. The second-order valence-corrected chi connectivity index (χ2v) is 4.64. The van der Waals surface area contributed by atoms with E-state index in [0.29, 0.717) is 11.7 Å². The van der Waals surface area contributed by atoms with Crippen LogP contribution in [-0.2, 0) is 4.79 Å². The van der Waals surface area contributed by atoms with E-state index in [4.69, 9.17) is 0 Å². The maximum absolute atomic E-state index is 11.8. The zero-order valence-corrected chi connectivity index (χ0v) is 10.3. The minimum Gasteiger partial charge on any atom is -0.308 e. The molecule has 2 nitrogen and oxygen atoms in total. The normalized spacial score (nSPS) is 13.6. The molecule has 0 aliphatic heterocycles. The molecule has 1 atom stereocenters. The smallest absolute Gasteiger partial charge is 0.152 e. The molecule has 14 heavy (non-hydrogen) atoms. The van der Waals surface area contributed by atoms with E-state index >= 15 is 0 Å². The zero-order chi connectivity index (χ0) is 11.1. The standard InChI is InChI=1S/C12H25NO/c1-6-13-11(8-7-9(2)3)12(14)10(4)5/h9-11,13H,6-8H2,1-5H3/t11-/m1/s1. The van der Waals surface area contributed by atoms with Gasteiger partial charge in [-0.05, 0) is 25.3 Å². The molecule has 0 rings (SSSR count). The predicted octanol–water partition coefficient (Wildman–Crippen LogP) is 2.63. The fourth-order valence-electron chi connectivity index (χ4n) is 1.49. The number of ketones is 1. The second-order valence-electron chi connectivity index (χ2n) is 4.64. The van der Waals surface area contributed by atoms with E-state index in [1.807, 2.05) is 13.8 Å². The molecule has 0 aromatic rings. The Labute approximate surface area is 88.5 Å². The van der Waals surface area contributed by atoms with Crippen molar-refractivity contribution in [2.75, 3.05) is 6.54 Å². The topological polar surface area (TPSA) is 29.1 Å². The SMILES string of the molecule is CCN[C@H](CCC(C)C)C(=O)C(C)C. The molecule has 0 amide bonds. The van der Waals surface area contributed by atoms with Crippen molar-refractivity contribution >= 4 is 5.78 Å². The van der Waals surface area contributed by atoms with E-state index in [1.165, 1.54) is 0 Å². The molecule has 0 heterocycles. The van der Waals surface area contributed by atoms with Gasteiger partial charge in [-0.2, -0.15) is 0 Å². The molecule has 84 valence electrons.